The first-order chi connectivity index (χ1) is 17.3. The molecule has 190 valence electrons. The third-order valence-electron chi connectivity index (χ3n) is 6.55. The van der Waals surface area contributed by atoms with Crippen LogP contribution in [0.15, 0.2) is 42.5 Å². The average Bonchev–Trinajstić information content (AvgIpc) is 2.85. The molecule has 1 aliphatic carbocycles. The molecule has 0 spiro atoms. The summed E-state index contributed by atoms with van der Waals surface area (Å²) in [5.41, 5.74) is -0.800. The second kappa shape index (κ2) is 10.8. The van der Waals surface area contributed by atoms with Crippen molar-refractivity contribution in [2.45, 2.75) is 64.7 Å². The molecule has 0 heterocycles. The standard InChI is InChI=1S/C29H27F5O2/c1-3-5-6-8-16-9-14-22(21(30)15-16)36-29(35)20-13-12-19-18-11-10-17(7-4-2)25(31)23(18)27(33)28(34)24(19)26(20)32/h9-15,27-28H,3-8H2,1-2H3. The molecule has 0 bridgehead atoms. The van der Waals surface area contributed by atoms with Gasteiger partial charge in [0.15, 0.2) is 23.9 Å². The number of ether oxygens (including phenoxy) is 1. The Morgan fingerprint density at radius 2 is 1.47 bits per heavy atom. The van der Waals surface area contributed by atoms with Crippen LogP contribution in [0, 0.1) is 17.5 Å². The molecule has 3 aromatic carbocycles. The second-order valence-corrected chi connectivity index (χ2v) is 9.05. The molecule has 0 aromatic heterocycles. The maximum atomic E-state index is 15.4. The quantitative estimate of drug-likeness (QED) is 0.133. The average molecular weight is 503 g/mol. The van der Waals surface area contributed by atoms with E-state index in [0.29, 0.717) is 19.3 Å². The normalized spacial score (nSPS) is 16.4. The van der Waals surface area contributed by atoms with Crippen LogP contribution in [-0.4, -0.2) is 5.97 Å². The number of unbranched alkanes of at least 4 members (excludes halogenated alkanes) is 2. The Labute approximate surface area is 207 Å². The minimum absolute atomic E-state index is 0.0345. The van der Waals surface area contributed by atoms with Gasteiger partial charge >= 0.3 is 5.97 Å². The molecule has 1 aliphatic rings. The van der Waals surface area contributed by atoms with Gasteiger partial charge in [0.2, 0.25) is 0 Å². The van der Waals surface area contributed by atoms with Gasteiger partial charge in [-0.25, -0.2) is 26.7 Å². The molecule has 0 amide bonds. The number of rotatable bonds is 8. The van der Waals surface area contributed by atoms with Crippen LogP contribution in [0.2, 0.25) is 0 Å². The molecule has 0 fully saturated rings. The number of carbonyl (C=O) groups excluding carboxylic acids is 1. The van der Waals surface area contributed by atoms with Gasteiger partial charge in [-0.05, 0) is 59.7 Å². The first-order valence-electron chi connectivity index (χ1n) is 12.2. The molecule has 3 aromatic rings. The van der Waals surface area contributed by atoms with Crippen molar-refractivity contribution >= 4 is 5.97 Å². The van der Waals surface area contributed by atoms with Gasteiger partial charge in [-0.15, -0.1) is 0 Å². The molecular formula is C29H27F5O2. The van der Waals surface area contributed by atoms with Crippen LogP contribution in [0.4, 0.5) is 22.0 Å². The zero-order valence-electron chi connectivity index (χ0n) is 20.1. The van der Waals surface area contributed by atoms with Crippen molar-refractivity contribution in [1.29, 1.82) is 0 Å². The van der Waals surface area contributed by atoms with Gasteiger partial charge in [0.25, 0.3) is 0 Å². The largest absolute Gasteiger partial charge is 0.420 e. The van der Waals surface area contributed by atoms with Crippen molar-refractivity contribution in [2.24, 2.45) is 0 Å². The van der Waals surface area contributed by atoms with Crippen molar-refractivity contribution < 1.29 is 31.5 Å². The highest BCUT2D eigenvalue weighted by Gasteiger charge is 2.40. The smallest absolute Gasteiger partial charge is 0.346 e. The van der Waals surface area contributed by atoms with E-state index in [4.69, 9.17) is 4.74 Å². The Morgan fingerprint density at radius 3 is 2.11 bits per heavy atom. The van der Waals surface area contributed by atoms with Crippen LogP contribution >= 0.6 is 0 Å². The molecular weight excluding hydrogens is 475 g/mol. The highest BCUT2D eigenvalue weighted by molar-refractivity contribution is 5.93. The van der Waals surface area contributed by atoms with Crippen molar-refractivity contribution in [3.8, 4) is 16.9 Å². The summed E-state index contributed by atoms with van der Waals surface area (Å²) in [6.45, 7) is 3.89. The second-order valence-electron chi connectivity index (χ2n) is 9.05. The van der Waals surface area contributed by atoms with Crippen LogP contribution in [0.1, 0.15) is 84.5 Å². The molecule has 36 heavy (non-hydrogen) atoms. The number of esters is 1. The Kier molecular flexibility index (Phi) is 7.76. The third kappa shape index (κ3) is 4.75. The molecule has 0 saturated carbocycles. The Balaban J connectivity index is 1.65. The van der Waals surface area contributed by atoms with Gasteiger partial charge in [0.05, 0.1) is 5.56 Å². The predicted molar refractivity (Wildman–Crippen MR) is 128 cm³/mol. The Bertz CT molecular complexity index is 1290. The van der Waals surface area contributed by atoms with Crippen LogP contribution in [-0.2, 0) is 12.8 Å². The van der Waals surface area contributed by atoms with Crippen molar-refractivity contribution in [2.75, 3.05) is 0 Å². The first-order valence-corrected chi connectivity index (χ1v) is 12.2. The molecule has 7 heteroatoms. The predicted octanol–water partition coefficient (Wildman–Crippen LogP) is 8.71. The SMILES string of the molecule is CCCCCc1ccc(OC(=O)c2ccc3c(c2F)C(F)C(F)c2c-3ccc(CCC)c2F)c(F)c1. The van der Waals surface area contributed by atoms with E-state index in [0.717, 1.165) is 30.9 Å². The lowest BCUT2D eigenvalue weighted by Crippen LogP contribution is -2.19. The highest BCUT2D eigenvalue weighted by atomic mass is 19.2. The lowest BCUT2D eigenvalue weighted by Gasteiger charge is -2.28. The van der Waals surface area contributed by atoms with Gasteiger partial charge in [-0.3, -0.25) is 0 Å². The van der Waals surface area contributed by atoms with Crippen LogP contribution in [0.25, 0.3) is 11.1 Å². The molecule has 2 atom stereocenters. The van der Waals surface area contributed by atoms with Crippen molar-refractivity contribution in [3.63, 3.8) is 0 Å². The summed E-state index contributed by atoms with van der Waals surface area (Å²) in [4.78, 5) is 12.7. The monoisotopic (exact) mass is 502 g/mol. The van der Waals surface area contributed by atoms with E-state index in [1.807, 2.05) is 6.92 Å². The summed E-state index contributed by atoms with van der Waals surface area (Å²) in [6, 6.07) is 9.36. The molecule has 2 nitrogen and oxygen atoms in total. The molecule has 4 rings (SSSR count). The zero-order valence-corrected chi connectivity index (χ0v) is 20.1. The van der Waals surface area contributed by atoms with Crippen molar-refractivity contribution in [1.82, 2.24) is 0 Å². The number of hydrogen-bond acceptors (Lipinski definition) is 2. The van der Waals surface area contributed by atoms with Crippen LogP contribution < -0.4 is 4.74 Å². The fourth-order valence-corrected chi connectivity index (χ4v) is 4.67. The number of alkyl halides is 2. The molecule has 0 radical (unpaired) electrons. The van der Waals surface area contributed by atoms with Crippen LogP contribution in [0.5, 0.6) is 5.75 Å². The topological polar surface area (TPSA) is 26.3 Å². The van der Waals surface area contributed by atoms with Gasteiger partial charge in [-0.2, -0.15) is 0 Å². The van der Waals surface area contributed by atoms with Gasteiger partial charge in [-0.1, -0.05) is 57.4 Å². The molecule has 0 N–H and O–H groups in total. The molecule has 2 unspecified atom stereocenters. The van der Waals surface area contributed by atoms with E-state index >= 15 is 13.2 Å². The fourth-order valence-electron chi connectivity index (χ4n) is 4.67. The van der Waals surface area contributed by atoms with E-state index in [1.54, 1.807) is 6.07 Å². The summed E-state index contributed by atoms with van der Waals surface area (Å²) in [5, 5.41) is 0. The fraction of sp³-hybridized carbons (Fsp3) is 0.345. The third-order valence-corrected chi connectivity index (χ3v) is 6.55. The lowest BCUT2D eigenvalue weighted by molar-refractivity contribution is 0.0721. The Hall–Kier alpha value is -3.22. The van der Waals surface area contributed by atoms with E-state index in [2.05, 4.69) is 6.92 Å². The van der Waals surface area contributed by atoms with Gasteiger partial charge in [0, 0.05) is 11.1 Å². The number of hydrogen-bond donors (Lipinski definition) is 0. The van der Waals surface area contributed by atoms with Gasteiger partial charge in [0.1, 0.15) is 11.6 Å². The van der Waals surface area contributed by atoms with Crippen molar-refractivity contribution in [3.05, 3.63) is 87.7 Å². The van der Waals surface area contributed by atoms with E-state index in [9.17, 15) is 13.6 Å². The maximum absolute atomic E-state index is 15.4. The van der Waals surface area contributed by atoms with E-state index in [1.165, 1.54) is 30.3 Å². The van der Waals surface area contributed by atoms with E-state index in [-0.39, 0.29) is 16.7 Å². The minimum atomic E-state index is -2.52. The highest BCUT2D eigenvalue weighted by Crippen LogP contribution is 2.51. The number of fused-ring (bicyclic) bond motifs is 3. The van der Waals surface area contributed by atoms with E-state index < -0.39 is 58.2 Å². The summed E-state index contributed by atoms with van der Waals surface area (Å²) < 4.78 is 80.0. The number of halogens is 5. The number of aryl methyl sites for hydroxylation is 2. The maximum Gasteiger partial charge on any atom is 0.346 e. The molecule has 0 saturated heterocycles. The summed E-state index contributed by atoms with van der Waals surface area (Å²) in [5.74, 6) is -4.57. The summed E-state index contributed by atoms with van der Waals surface area (Å²) >= 11 is 0. The minimum Gasteiger partial charge on any atom is -0.420 e. The first kappa shape index (κ1) is 25.9. The summed E-state index contributed by atoms with van der Waals surface area (Å²) in [7, 11) is 0. The Morgan fingerprint density at radius 1 is 0.806 bits per heavy atom. The number of carbonyl (C=O) groups is 1. The number of benzene rings is 3. The molecule has 0 aliphatic heterocycles. The van der Waals surface area contributed by atoms with Crippen LogP contribution in [0.3, 0.4) is 0 Å². The summed E-state index contributed by atoms with van der Waals surface area (Å²) in [6.07, 6.45) is -0.412. The van der Waals surface area contributed by atoms with Gasteiger partial charge < -0.3 is 4.74 Å². The zero-order chi connectivity index (χ0) is 26.0. The lowest BCUT2D eigenvalue weighted by atomic mass is 9.80.